The number of halogens is 1. The monoisotopic (exact) mass is 340 g/mol. The molecule has 0 saturated carbocycles. The van der Waals surface area contributed by atoms with Crippen molar-refractivity contribution in [1.82, 2.24) is 9.88 Å². The summed E-state index contributed by atoms with van der Waals surface area (Å²) >= 11 is 0. The highest BCUT2D eigenvalue weighted by Gasteiger charge is 2.23. The van der Waals surface area contributed by atoms with Crippen molar-refractivity contribution in [2.45, 2.75) is 38.5 Å². The Balaban J connectivity index is 1.47. The smallest absolute Gasteiger partial charge is 0.222 e. The number of aromatic nitrogens is 1. The summed E-state index contributed by atoms with van der Waals surface area (Å²) in [5.74, 6) is 0.567. The normalized spacial score (nSPS) is 17.5. The summed E-state index contributed by atoms with van der Waals surface area (Å²) in [4.78, 5) is 18.6. The van der Waals surface area contributed by atoms with E-state index in [0.717, 1.165) is 56.3 Å². The van der Waals surface area contributed by atoms with Crippen molar-refractivity contribution >= 4 is 5.91 Å². The molecule has 1 atom stereocenters. The molecular weight excluding hydrogens is 315 g/mol. The summed E-state index contributed by atoms with van der Waals surface area (Å²) < 4.78 is 13.7. The molecule has 132 valence electrons. The number of carbonyl (C=O) groups is 1. The summed E-state index contributed by atoms with van der Waals surface area (Å²) in [6.07, 6.45) is 8.69. The van der Waals surface area contributed by atoms with Crippen molar-refractivity contribution in [2.75, 3.05) is 13.1 Å². The second kappa shape index (κ2) is 8.75. The van der Waals surface area contributed by atoms with Crippen LogP contribution in [0, 0.1) is 11.7 Å². The van der Waals surface area contributed by atoms with Gasteiger partial charge in [0, 0.05) is 31.9 Å². The Kier molecular flexibility index (Phi) is 6.15. The third kappa shape index (κ3) is 5.12. The third-order valence-electron chi connectivity index (χ3n) is 5.00. The molecule has 4 heteroatoms. The third-order valence-corrected chi connectivity index (χ3v) is 5.00. The van der Waals surface area contributed by atoms with Crippen LogP contribution in [0.15, 0.2) is 48.8 Å². The van der Waals surface area contributed by atoms with Gasteiger partial charge in [-0.2, -0.15) is 0 Å². The minimum Gasteiger partial charge on any atom is -0.342 e. The Hall–Kier alpha value is -2.23. The van der Waals surface area contributed by atoms with Crippen LogP contribution >= 0.6 is 0 Å². The van der Waals surface area contributed by atoms with Crippen molar-refractivity contribution in [1.29, 1.82) is 0 Å². The molecule has 1 saturated heterocycles. The van der Waals surface area contributed by atoms with Gasteiger partial charge in [0.05, 0.1) is 0 Å². The van der Waals surface area contributed by atoms with Crippen molar-refractivity contribution in [3.8, 4) is 0 Å². The molecule has 0 unspecified atom stereocenters. The van der Waals surface area contributed by atoms with E-state index in [0.29, 0.717) is 12.3 Å². The molecule has 2 heterocycles. The molecule has 1 aliphatic rings. The van der Waals surface area contributed by atoms with E-state index in [2.05, 4.69) is 4.98 Å². The van der Waals surface area contributed by atoms with Gasteiger partial charge in [-0.3, -0.25) is 9.78 Å². The molecule has 0 bridgehead atoms. The molecule has 0 aliphatic carbocycles. The van der Waals surface area contributed by atoms with Crippen LogP contribution in [0.4, 0.5) is 4.39 Å². The Bertz CT molecular complexity index is 689. The molecule has 1 fully saturated rings. The summed E-state index contributed by atoms with van der Waals surface area (Å²) in [5.41, 5.74) is 1.88. The number of benzene rings is 1. The fourth-order valence-electron chi connectivity index (χ4n) is 3.54. The average molecular weight is 340 g/mol. The number of piperidine rings is 1. The Labute approximate surface area is 148 Å². The number of likely N-dealkylation sites (tertiary alicyclic amines) is 1. The van der Waals surface area contributed by atoms with E-state index in [1.54, 1.807) is 12.3 Å². The zero-order chi connectivity index (χ0) is 17.5. The van der Waals surface area contributed by atoms with E-state index in [1.165, 1.54) is 6.07 Å². The minimum atomic E-state index is -0.122. The van der Waals surface area contributed by atoms with Crippen molar-refractivity contribution in [3.05, 3.63) is 65.7 Å². The second-order valence-electron chi connectivity index (χ2n) is 6.84. The van der Waals surface area contributed by atoms with Gasteiger partial charge >= 0.3 is 0 Å². The molecule has 25 heavy (non-hydrogen) atoms. The SMILES string of the molecule is O=C(CCc1cccnc1)N1CCC[C@@H](CCc2ccccc2F)C1. The second-order valence-corrected chi connectivity index (χ2v) is 6.84. The van der Waals surface area contributed by atoms with Crippen molar-refractivity contribution in [2.24, 2.45) is 5.92 Å². The zero-order valence-electron chi connectivity index (χ0n) is 14.5. The van der Waals surface area contributed by atoms with E-state index < -0.39 is 0 Å². The van der Waals surface area contributed by atoms with Crippen molar-refractivity contribution < 1.29 is 9.18 Å². The molecule has 3 nitrogen and oxygen atoms in total. The lowest BCUT2D eigenvalue weighted by Gasteiger charge is -2.33. The van der Waals surface area contributed by atoms with E-state index in [4.69, 9.17) is 0 Å². The number of nitrogens with zero attached hydrogens (tertiary/aromatic N) is 2. The Morgan fingerprint density at radius 1 is 1.20 bits per heavy atom. The highest BCUT2D eigenvalue weighted by Crippen LogP contribution is 2.23. The van der Waals surface area contributed by atoms with Crippen LogP contribution in [0.2, 0.25) is 0 Å². The lowest BCUT2D eigenvalue weighted by Crippen LogP contribution is -2.40. The highest BCUT2D eigenvalue weighted by atomic mass is 19.1. The van der Waals surface area contributed by atoms with Gasteiger partial charge in [-0.25, -0.2) is 4.39 Å². The van der Waals surface area contributed by atoms with Crippen LogP contribution in [0.25, 0.3) is 0 Å². The summed E-state index contributed by atoms with van der Waals surface area (Å²) in [7, 11) is 0. The Morgan fingerprint density at radius 2 is 2.08 bits per heavy atom. The fraction of sp³-hybridized carbons (Fsp3) is 0.429. The number of rotatable bonds is 6. The number of hydrogen-bond donors (Lipinski definition) is 0. The topological polar surface area (TPSA) is 33.2 Å². The van der Waals surface area contributed by atoms with E-state index in [-0.39, 0.29) is 11.7 Å². The summed E-state index contributed by atoms with van der Waals surface area (Å²) in [6, 6.07) is 10.9. The average Bonchev–Trinajstić information content (AvgIpc) is 2.66. The first-order valence-corrected chi connectivity index (χ1v) is 9.12. The minimum absolute atomic E-state index is 0.122. The highest BCUT2D eigenvalue weighted by molar-refractivity contribution is 5.76. The maximum Gasteiger partial charge on any atom is 0.222 e. The fourth-order valence-corrected chi connectivity index (χ4v) is 3.54. The van der Waals surface area contributed by atoms with Crippen LogP contribution in [0.1, 0.15) is 36.8 Å². The molecule has 0 radical (unpaired) electrons. The maximum atomic E-state index is 13.7. The molecule has 1 aliphatic heterocycles. The van der Waals surface area contributed by atoms with Crippen LogP contribution in [0.3, 0.4) is 0 Å². The quantitative estimate of drug-likeness (QED) is 0.795. The predicted octanol–water partition coefficient (Wildman–Crippen LogP) is 4.02. The van der Waals surface area contributed by atoms with Crippen molar-refractivity contribution in [3.63, 3.8) is 0 Å². The Morgan fingerprint density at radius 3 is 2.88 bits per heavy atom. The standard InChI is InChI=1S/C21H25FN2O/c22-20-8-2-1-7-19(20)11-9-18-6-4-14-24(16-18)21(25)12-10-17-5-3-13-23-15-17/h1-3,5,7-8,13,15,18H,4,6,9-12,14,16H2/t18-/m0/s1. The summed E-state index contributed by atoms with van der Waals surface area (Å²) in [6.45, 7) is 1.66. The van der Waals surface area contributed by atoms with Crippen LogP contribution in [-0.2, 0) is 17.6 Å². The molecule has 1 aromatic heterocycles. The van der Waals surface area contributed by atoms with E-state index in [9.17, 15) is 9.18 Å². The molecule has 2 aromatic rings. The van der Waals surface area contributed by atoms with Gasteiger partial charge in [0.2, 0.25) is 5.91 Å². The number of hydrogen-bond acceptors (Lipinski definition) is 2. The molecular formula is C21H25FN2O. The molecule has 3 rings (SSSR count). The number of aryl methyl sites for hydroxylation is 2. The van der Waals surface area contributed by atoms with E-state index >= 15 is 0 Å². The van der Waals surface area contributed by atoms with Crippen LogP contribution < -0.4 is 0 Å². The van der Waals surface area contributed by atoms with Crippen LogP contribution in [-0.4, -0.2) is 28.9 Å². The molecule has 0 N–H and O–H groups in total. The molecule has 0 spiro atoms. The maximum absolute atomic E-state index is 13.7. The number of pyridine rings is 1. The van der Waals surface area contributed by atoms with Gasteiger partial charge < -0.3 is 4.90 Å². The first-order chi connectivity index (χ1) is 12.2. The van der Waals surface area contributed by atoms with Gasteiger partial charge in [-0.05, 0) is 61.3 Å². The van der Waals surface area contributed by atoms with Gasteiger partial charge in [-0.1, -0.05) is 24.3 Å². The van der Waals surface area contributed by atoms with Gasteiger partial charge in [0.1, 0.15) is 5.82 Å². The predicted molar refractivity (Wildman–Crippen MR) is 96.6 cm³/mol. The van der Waals surface area contributed by atoms with E-state index in [1.807, 2.05) is 35.4 Å². The zero-order valence-corrected chi connectivity index (χ0v) is 14.5. The lowest BCUT2D eigenvalue weighted by molar-refractivity contribution is -0.133. The van der Waals surface area contributed by atoms with Gasteiger partial charge in [-0.15, -0.1) is 0 Å². The number of amides is 1. The molecule has 1 amide bonds. The first-order valence-electron chi connectivity index (χ1n) is 9.12. The van der Waals surface area contributed by atoms with Gasteiger partial charge in [0.25, 0.3) is 0 Å². The number of carbonyl (C=O) groups excluding carboxylic acids is 1. The summed E-state index contributed by atoms with van der Waals surface area (Å²) in [5, 5.41) is 0. The lowest BCUT2D eigenvalue weighted by atomic mass is 9.91. The first kappa shape index (κ1) is 17.6. The van der Waals surface area contributed by atoms with Gasteiger partial charge in [0.15, 0.2) is 0 Å². The molecule has 1 aromatic carbocycles. The van der Waals surface area contributed by atoms with Crippen LogP contribution in [0.5, 0.6) is 0 Å². The largest absolute Gasteiger partial charge is 0.342 e.